The summed E-state index contributed by atoms with van der Waals surface area (Å²) in [6.45, 7) is 6.64. The molecule has 0 bridgehead atoms. The molecule has 0 spiro atoms. The van der Waals surface area contributed by atoms with Crippen LogP contribution in [-0.2, 0) is 13.5 Å². The van der Waals surface area contributed by atoms with Crippen LogP contribution in [0.25, 0.3) is 0 Å². The van der Waals surface area contributed by atoms with E-state index in [9.17, 15) is 0 Å². The molecule has 92 valence electrons. The van der Waals surface area contributed by atoms with Gasteiger partial charge in [0.1, 0.15) is 0 Å². The molecule has 0 amide bonds. The van der Waals surface area contributed by atoms with Gasteiger partial charge in [0.15, 0.2) is 0 Å². The van der Waals surface area contributed by atoms with Crippen molar-refractivity contribution in [1.29, 1.82) is 0 Å². The molecule has 2 N–H and O–H groups in total. The SMILES string of the molecule is CCCC(C)CC(N)c1cn(C)nc1CC. The molecule has 0 aliphatic heterocycles. The van der Waals surface area contributed by atoms with Crippen LogP contribution in [0.1, 0.15) is 57.3 Å². The second kappa shape index (κ2) is 6.04. The summed E-state index contributed by atoms with van der Waals surface area (Å²) in [5.41, 5.74) is 8.64. The van der Waals surface area contributed by atoms with E-state index in [2.05, 4.69) is 32.1 Å². The molecule has 16 heavy (non-hydrogen) atoms. The van der Waals surface area contributed by atoms with Crippen LogP contribution < -0.4 is 5.73 Å². The zero-order chi connectivity index (χ0) is 12.1. The maximum Gasteiger partial charge on any atom is 0.0669 e. The third-order valence-corrected chi connectivity index (χ3v) is 3.11. The van der Waals surface area contributed by atoms with Crippen molar-refractivity contribution in [3.05, 3.63) is 17.5 Å². The van der Waals surface area contributed by atoms with Gasteiger partial charge in [-0.3, -0.25) is 4.68 Å². The number of nitrogens with two attached hydrogens (primary N) is 1. The van der Waals surface area contributed by atoms with Crippen LogP contribution in [0, 0.1) is 5.92 Å². The Morgan fingerprint density at radius 3 is 2.69 bits per heavy atom. The predicted octanol–water partition coefficient (Wildman–Crippen LogP) is 2.81. The lowest BCUT2D eigenvalue weighted by molar-refractivity contribution is 0.439. The Labute approximate surface area is 99.0 Å². The van der Waals surface area contributed by atoms with Gasteiger partial charge in [0.25, 0.3) is 0 Å². The van der Waals surface area contributed by atoms with E-state index >= 15 is 0 Å². The molecule has 0 saturated heterocycles. The highest BCUT2D eigenvalue weighted by atomic mass is 15.3. The quantitative estimate of drug-likeness (QED) is 0.806. The van der Waals surface area contributed by atoms with Crippen LogP contribution in [-0.4, -0.2) is 9.78 Å². The van der Waals surface area contributed by atoms with Gasteiger partial charge in [-0.1, -0.05) is 33.6 Å². The minimum atomic E-state index is 0.144. The van der Waals surface area contributed by atoms with E-state index in [-0.39, 0.29) is 6.04 Å². The minimum Gasteiger partial charge on any atom is -0.324 e. The molecule has 1 aromatic heterocycles. The molecule has 0 aromatic carbocycles. The first-order valence-corrected chi connectivity index (χ1v) is 6.36. The fraction of sp³-hybridized carbons (Fsp3) is 0.769. The number of nitrogens with zero attached hydrogens (tertiary/aromatic N) is 2. The highest BCUT2D eigenvalue weighted by Gasteiger charge is 2.16. The van der Waals surface area contributed by atoms with Gasteiger partial charge in [0.05, 0.1) is 5.69 Å². The second-order valence-electron chi connectivity index (χ2n) is 4.79. The van der Waals surface area contributed by atoms with E-state index in [1.54, 1.807) is 0 Å². The van der Waals surface area contributed by atoms with Crippen molar-refractivity contribution >= 4 is 0 Å². The van der Waals surface area contributed by atoms with Crippen LogP contribution in [0.2, 0.25) is 0 Å². The van der Waals surface area contributed by atoms with E-state index in [0.717, 1.165) is 18.5 Å². The summed E-state index contributed by atoms with van der Waals surface area (Å²) in [6.07, 6.45) is 6.59. The molecule has 2 atom stereocenters. The van der Waals surface area contributed by atoms with E-state index < -0.39 is 0 Å². The monoisotopic (exact) mass is 223 g/mol. The van der Waals surface area contributed by atoms with Gasteiger partial charge in [-0.25, -0.2) is 0 Å². The van der Waals surface area contributed by atoms with Crippen molar-refractivity contribution in [2.24, 2.45) is 18.7 Å². The standard InChI is InChI=1S/C13H25N3/c1-5-7-10(3)8-12(14)11-9-16(4)15-13(11)6-2/h9-10,12H,5-8,14H2,1-4H3. The number of hydrogen-bond acceptors (Lipinski definition) is 2. The number of aromatic nitrogens is 2. The highest BCUT2D eigenvalue weighted by Crippen LogP contribution is 2.24. The van der Waals surface area contributed by atoms with Crippen LogP contribution >= 0.6 is 0 Å². The lowest BCUT2D eigenvalue weighted by Gasteiger charge is -2.16. The van der Waals surface area contributed by atoms with Gasteiger partial charge in [-0.05, 0) is 18.8 Å². The Morgan fingerprint density at radius 1 is 1.44 bits per heavy atom. The average Bonchev–Trinajstić information content (AvgIpc) is 2.59. The normalized spacial score (nSPS) is 15.1. The van der Waals surface area contributed by atoms with Gasteiger partial charge in [0.2, 0.25) is 0 Å². The van der Waals surface area contributed by atoms with Crippen molar-refractivity contribution < 1.29 is 0 Å². The summed E-state index contributed by atoms with van der Waals surface area (Å²) in [5, 5.41) is 4.44. The van der Waals surface area contributed by atoms with E-state index in [4.69, 9.17) is 5.73 Å². The summed E-state index contributed by atoms with van der Waals surface area (Å²) < 4.78 is 1.87. The molecule has 1 rings (SSSR count). The van der Waals surface area contributed by atoms with E-state index in [1.165, 1.54) is 18.4 Å². The number of rotatable bonds is 6. The summed E-state index contributed by atoms with van der Waals surface area (Å²) in [5.74, 6) is 0.699. The summed E-state index contributed by atoms with van der Waals surface area (Å²) in [7, 11) is 1.96. The molecule has 0 aliphatic rings. The Morgan fingerprint density at radius 2 is 2.12 bits per heavy atom. The Bertz CT molecular complexity index is 317. The molecular weight excluding hydrogens is 198 g/mol. The minimum absolute atomic E-state index is 0.144. The lowest BCUT2D eigenvalue weighted by Crippen LogP contribution is -2.15. The van der Waals surface area contributed by atoms with Crippen LogP contribution in [0.4, 0.5) is 0 Å². The summed E-state index contributed by atoms with van der Waals surface area (Å²) in [6, 6.07) is 0.144. The van der Waals surface area contributed by atoms with E-state index in [0.29, 0.717) is 5.92 Å². The Balaban J connectivity index is 2.67. The maximum absolute atomic E-state index is 6.26. The zero-order valence-electron chi connectivity index (χ0n) is 11.0. The van der Waals surface area contributed by atoms with Crippen molar-refractivity contribution in [3.8, 4) is 0 Å². The van der Waals surface area contributed by atoms with Crippen molar-refractivity contribution in [2.45, 2.75) is 52.5 Å². The summed E-state index contributed by atoms with van der Waals surface area (Å²) >= 11 is 0. The molecule has 1 aromatic rings. The largest absolute Gasteiger partial charge is 0.324 e. The molecule has 3 nitrogen and oxygen atoms in total. The third kappa shape index (κ3) is 3.34. The van der Waals surface area contributed by atoms with Gasteiger partial charge in [-0.2, -0.15) is 5.10 Å². The fourth-order valence-electron chi connectivity index (χ4n) is 2.31. The molecule has 0 radical (unpaired) electrons. The van der Waals surface area contributed by atoms with Crippen LogP contribution in [0.3, 0.4) is 0 Å². The smallest absolute Gasteiger partial charge is 0.0669 e. The number of aryl methyl sites for hydroxylation is 2. The molecular formula is C13H25N3. The van der Waals surface area contributed by atoms with Gasteiger partial charge in [-0.15, -0.1) is 0 Å². The molecule has 0 fully saturated rings. The Hall–Kier alpha value is -0.830. The number of hydrogen-bond donors (Lipinski definition) is 1. The predicted molar refractivity (Wildman–Crippen MR) is 68.2 cm³/mol. The molecule has 0 aliphatic carbocycles. The van der Waals surface area contributed by atoms with Crippen LogP contribution in [0.5, 0.6) is 0 Å². The Kier molecular flexibility index (Phi) is 5.00. The highest BCUT2D eigenvalue weighted by molar-refractivity contribution is 5.21. The molecule has 0 saturated carbocycles. The van der Waals surface area contributed by atoms with Gasteiger partial charge < -0.3 is 5.73 Å². The second-order valence-corrected chi connectivity index (χ2v) is 4.79. The maximum atomic E-state index is 6.26. The first-order valence-electron chi connectivity index (χ1n) is 6.36. The lowest BCUT2D eigenvalue weighted by atomic mass is 9.93. The molecule has 1 heterocycles. The molecule has 2 unspecified atom stereocenters. The van der Waals surface area contributed by atoms with Crippen molar-refractivity contribution in [3.63, 3.8) is 0 Å². The van der Waals surface area contributed by atoms with Crippen LogP contribution in [0.15, 0.2) is 6.20 Å². The van der Waals surface area contributed by atoms with Crippen molar-refractivity contribution in [1.82, 2.24) is 9.78 Å². The average molecular weight is 223 g/mol. The first kappa shape index (κ1) is 13.2. The topological polar surface area (TPSA) is 43.8 Å². The summed E-state index contributed by atoms with van der Waals surface area (Å²) in [4.78, 5) is 0. The third-order valence-electron chi connectivity index (χ3n) is 3.11. The van der Waals surface area contributed by atoms with Gasteiger partial charge >= 0.3 is 0 Å². The molecule has 3 heteroatoms. The van der Waals surface area contributed by atoms with E-state index in [1.807, 2.05) is 11.7 Å². The zero-order valence-corrected chi connectivity index (χ0v) is 11.0. The van der Waals surface area contributed by atoms with Gasteiger partial charge in [0, 0.05) is 24.8 Å². The fourth-order valence-corrected chi connectivity index (χ4v) is 2.31. The van der Waals surface area contributed by atoms with Crippen molar-refractivity contribution in [2.75, 3.05) is 0 Å². The first-order chi connectivity index (χ1) is 7.58.